The molecule has 2 aliphatic rings. The van der Waals surface area contributed by atoms with Crippen molar-refractivity contribution in [2.24, 2.45) is 10.6 Å². The summed E-state index contributed by atoms with van der Waals surface area (Å²) in [4.78, 5) is 52.7. The minimum atomic E-state index is -1.39. The SMILES string of the molecule is CCON=C(C(=O)NC1C(=O)N2CC(CSc3nc(N)cc(NC)[n+]3N)(C(=O)[O-])CS[C@H]12)c1nsc(N)n1. The molecule has 0 aliphatic carbocycles. The Morgan fingerprint density at radius 2 is 2.18 bits per heavy atom. The van der Waals surface area contributed by atoms with E-state index in [1.807, 2.05) is 0 Å². The Hall–Kier alpha value is -3.58. The molecular formula is C19H25N11O5S3. The summed E-state index contributed by atoms with van der Waals surface area (Å²) >= 11 is 3.19. The molecule has 4 heterocycles. The minimum absolute atomic E-state index is 0.0226. The zero-order valence-corrected chi connectivity index (χ0v) is 22.7. The van der Waals surface area contributed by atoms with Crippen LogP contribution in [0.5, 0.6) is 0 Å². The number of amides is 2. The number of oxime groups is 1. The zero-order chi connectivity index (χ0) is 27.6. The third kappa shape index (κ3) is 5.20. The molecule has 0 bridgehead atoms. The second kappa shape index (κ2) is 11.0. The highest BCUT2D eigenvalue weighted by atomic mass is 32.2. The van der Waals surface area contributed by atoms with Crippen LogP contribution in [0.2, 0.25) is 0 Å². The van der Waals surface area contributed by atoms with Crippen molar-refractivity contribution < 1.29 is 29.0 Å². The lowest BCUT2D eigenvalue weighted by Gasteiger charge is -2.55. The number of nitrogens with one attached hydrogen (secondary N) is 2. The number of carboxylic acids is 1. The van der Waals surface area contributed by atoms with Gasteiger partial charge in [-0.3, -0.25) is 15.4 Å². The van der Waals surface area contributed by atoms with Gasteiger partial charge in [0, 0.05) is 42.0 Å². The highest BCUT2D eigenvalue weighted by Gasteiger charge is 2.56. The van der Waals surface area contributed by atoms with Gasteiger partial charge in [0.25, 0.3) is 5.91 Å². The van der Waals surface area contributed by atoms with Crippen molar-refractivity contribution >= 4 is 75.3 Å². The van der Waals surface area contributed by atoms with Crippen LogP contribution in [0.4, 0.5) is 16.8 Å². The van der Waals surface area contributed by atoms with Gasteiger partial charge in [-0.25, -0.2) is 0 Å². The average Bonchev–Trinajstić information content (AvgIpc) is 3.33. The van der Waals surface area contributed by atoms with Crippen molar-refractivity contribution in [2.45, 2.75) is 23.5 Å². The quantitative estimate of drug-likeness (QED) is 0.0352. The van der Waals surface area contributed by atoms with Gasteiger partial charge in [0.15, 0.2) is 5.13 Å². The highest BCUT2D eigenvalue weighted by Crippen LogP contribution is 2.43. The topological polar surface area (TPSA) is 244 Å². The summed E-state index contributed by atoms with van der Waals surface area (Å²) in [6.45, 7) is 1.77. The van der Waals surface area contributed by atoms with Crippen LogP contribution in [0, 0.1) is 5.41 Å². The minimum Gasteiger partial charge on any atom is -0.549 e. The molecule has 2 fully saturated rings. The number of thioether (sulfide) groups is 2. The molecule has 2 saturated heterocycles. The van der Waals surface area contributed by atoms with E-state index >= 15 is 0 Å². The van der Waals surface area contributed by atoms with E-state index in [0.717, 1.165) is 23.3 Å². The van der Waals surface area contributed by atoms with Gasteiger partial charge in [-0.05, 0) is 18.7 Å². The van der Waals surface area contributed by atoms with Crippen LogP contribution >= 0.6 is 35.1 Å². The second-order valence-corrected chi connectivity index (χ2v) is 11.1. The van der Waals surface area contributed by atoms with Gasteiger partial charge in [0.2, 0.25) is 29.1 Å². The fraction of sp³-hybridized carbons (Fsp3) is 0.474. The van der Waals surface area contributed by atoms with Crippen molar-refractivity contribution in [3.8, 4) is 0 Å². The van der Waals surface area contributed by atoms with Crippen LogP contribution in [-0.4, -0.2) is 85.9 Å². The Balaban J connectivity index is 1.45. The van der Waals surface area contributed by atoms with Gasteiger partial charge in [-0.15, -0.1) is 16.4 Å². The predicted molar refractivity (Wildman–Crippen MR) is 139 cm³/mol. The number of fused-ring (bicyclic) bond motifs is 1. The first kappa shape index (κ1) is 27.5. The fourth-order valence-corrected chi connectivity index (χ4v) is 6.98. The van der Waals surface area contributed by atoms with Crippen LogP contribution in [0.25, 0.3) is 0 Å². The molecule has 0 radical (unpaired) electrons. The molecule has 0 saturated carbocycles. The number of nitrogen functional groups attached to an aromatic ring is 3. The van der Waals surface area contributed by atoms with E-state index in [9.17, 15) is 19.5 Å². The van der Waals surface area contributed by atoms with Crippen molar-refractivity contribution in [1.82, 2.24) is 24.6 Å². The maximum absolute atomic E-state index is 13.0. The lowest BCUT2D eigenvalue weighted by atomic mass is 9.89. The molecule has 19 heteroatoms. The third-order valence-corrected chi connectivity index (χ3v) is 9.10. The van der Waals surface area contributed by atoms with E-state index < -0.39 is 34.6 Å². The lowest BCUT2D eigenvalue weighted by molar-refractivity contribution is -0.667. The molecule has 8 N–H and O–H groups in total. The number of nitrogens with two attached hydrogens (primary N) is 3. The summed E-state index contributed by atoms with van der Waals surface area (Å²) in [5.74, 6) is 4.39. The highest BCUT2D eigenvalue weighted by molar-refractivity contribution is 8.00. The van der Waals surface area contributed by atoms with E-state index in [1.165, 1.54) is 27.4 Å². The summed E-state index contributed by atoms with van der Waals surface area (Å²) in [6.07, 6.45) is 0. The largest absolute Gasteiger partial charge is 0.549 e. The Kier molecular flexibility index (Phi) is 7.97. The van der Waals surface area contributed by atoms with E-state index in [4.69, 9.17) is 22.1 Å². The van der Waals surface area contributed by atoms with Gasteiger partial charge in [-0.2, -0.15) is 9.36 Å². The van der Waals surface area contributed by atoms with Crippen LogP contribution < -0.4 is 37.7 Å². The average molecular weight is 584 g/mol. The molecule has 4 rings (SSSR count). The Morgan fingerprint density at radius 3 is 2.82 bits per heavy atom. The molecule has 2 amide bonds. The van der Waals surface area contributed by atoms with Crippen molar-refractivity contribution in [3.63, 3.8) is 0 Å². The molecule has 2 unspecified atom stereocenters. The summed E-state index contributed by atoms with van der Waals surface area (Å²) in [6, 6.07) is 0.638. The maximum atomic E-state index is 13.0. The number of hydrogen-bond acceptors (Lipinski definition) is 16. The van der Waals surface area contributed by atoms with E-state index in [1.54, 1.807) is 14.0 Å². The van der Waals surface area contributed by atoms with Gasteiger partial charge in [-0.1, -0.05) is 10.1 Å². The number of carboxylic acid groups (broad SMARTS) is 1. The number of aliphatic carboxylic acids is 1. The fourth-order valence-electron chi connectivity index (χ4n) is 3.76. The number of anilines is 3. The molecule has 38 heavy (non-hydrogen) atoms. The monoisotopic (exact) mass is 583 g/mol. The van der Waals surface area contributed by atoms with Crippen molar-refractivity contribution in [1.29, 1.82) is 0 Å². The molecule has 2 aliphatic heterocycles. The van der Waals surface area contributed by atoms with Crippen LogP contribution in [0.1, 0.15) is 12.7 Å². The Morgan fingerprint density at radius 1 is 1.42 bits per heavy atom. The van der Waals surface area contributed by atoms with Crippen molar-refractivity contribution in [3.05, 3.63) is 11.9 Å². The molecule has 2 aromatic rings. The number of rotatable bonds is 10. The first-order chi connectivity index (χ1) is 18.1. The molecule has 204 valence electrons. The van der Waals surface area contributed by atoms with E-state index in [-0.39, 0.29) is 47.1 Å². The second-order valence-electron chi connectivity index (χ2n) is 8.26. The Bertz CT molecular complexity index is 1290. The zero-order valence-electron chi connectivity index (χ0n) is 20.2. The number of β-lactam (4-membered cyclic amide) rings is 1. The van der Waals surface area contributed by atoms with Gasteiger partial charge >= 0.3 is 5.16 Å². The first-order valence-electron chi connectivity index (χ1n) is 11.1. The molecular weight excluding hydrogens is 558 g/mol. The van der Waals surface area contributed by atoms with E-state index in [0.29, 0.717) is 11.0 Å². The van der Waals surface area contributed by atoms with Crippen molar-refractivity contribution in [2.75, 3.05) is 54.3 Å². The van der Waals surface area contributed by atoms with Crippen LogP contribution in [0.15, 0.2) is 16.4 Å². The molecule has 0 aromatic carbocycles. The van der Waals surface area contributed by atoms with Crippen LogP contribution in [0.3, 0.4) is 0 Å². The lowest BCUT2D eigenvalue weighted by Crippen LogP contribution is -2.75. The summed E-state index contributed by atoms with van der Waals surface area (Å²) in [5, 5.41) is 21.5. The molecule has 3 atom stereocenters. The maximum Gasteiger partial charge on any atom is 0.322 e. The molecule has 16 nitrogen and oxygen atoms in total. The smallest absolute Gasteiger partial charge is 0.322 e. The van der Waals surface area contributed by atoms with Gasteiger partial charge < -0.3 is 41.7 Å². The van der Waals surface area contributed by atoms with Crippen LogP contribution in [-0.2, 0) is 19.2 Å². The number of carbonyl (C=O) groups is 3. The normalized spacial score (nSPS) is 22.8. The number of nitrogens with zero attached hydrogens (tertiary/aromatic N) is 6. The van der Waals surface area contributed by atoms with Gasteiger partial charge in [0.05, 0.1) is 12.0 Å². The van der Waals surface area contributed by atoms with Gasteiger partial charge in [0.1, 0.15) is 18.0 Å². The summed E-state index contributed by atoms with van der Waals surface area (Å²) in [7, 11) is 1.66. The Labute approximate surface area is 228 Å². The number of aromatic nitrogens is 4. The third-order valence-electron chi connectivity index (χ3n) is 5.73. The summed E-state index contributed by atoms with van der Waals surface area (Å²) in [5.41, 5.74) is 9.83. The molecule has 2 aromatic heterocycles. The standard InChI is InChI=1S/C19H25N11O5S3/c1-3-35-27-10(12-26-17(21)38-28-12)13(31)25-11-14(32)29-5-19(16(33)34,6-36-15(11)29)7-37-18-24-8(20)4-9(23-2)30(18)22/h4,11,15H,3,5-7,22H2,1-2H3,(H6,20,21,23,25,26,28,31,33,34)/t11?,15-,19?/m1/s1. The number of hydrogen-bond donors (Lipinski definition) is 5. The first-order valence-corrected chi connectivity index (χ1v) is 13.9. The number of carbonyl (C=O) groups excluding carboxylic acids is 3. The summed E-state index contributed by atoms with van der Waals surface area (Å²) < 4.78 is 5.24. The predicted octanol–water partition coefficient (Wildman–Crippen LogP) is -3.19. The van der Waals surface area contributed by atoms with E-state index in [2.05, 4.69) is 30.1 Å². The molecule has 0 spiro atoms.